The zero-order valence-electron chi connectivity index (χ0n) is 15.0. The standard InChI is InChI=1S/C20H29IO3/c1-13(6-7-15-11-20(3,23)18(22)24-15)16-8-9-17-14(12-21)5-4-10-19(16,17)2/h11-13,16-17,23H,4-10H2,1-3H3/t13-,16-,17?,19+,20+/m1/s1. The molecule has 0 aromatic carbocycles. The van der Waals surface area contributed by atoms with Crippen molar-refractivity contribution in [3.8, 4) is 0 Å². The van der Waals surface area contributed by atoms with Gasteiger partial charge in [0.2, 0.25) is 0 Å². The van der Waals surface area contributed by atoms with Crippen molar-refractivity contribution in [3.05, 3.63) is 21.5 Å². The Morgan fingerprint density at radius 1 is 1.46 bits per heavy atom. The Morgan fingerprint density at radius 3 is 2.83 bits per heavy atom. The molecule has 2 saturated carbocycles. The molecule has 0 bridgehead atoms. The fourth-order valence-electron chi connectivity index (χ4n) is 5.46. The van der Waals surface area contributed by atoms with Crippen molar-refractivity contribution in [3.63, 3.8) is 0 Å². The van der Waals surface area contributed by atoms with Crippen LogP contribution in [0.5, 0.6) is 0 Å². The molecule has 2 fully saturated rings. The normalized spacial score (nSPS) is 42.0. The Kier molecular flexibility index (Phi) is 5.18. The Morgan fingerprint density at radius 2 is 2.21 bits per heavy atom. The van der Waals surface area contributed by atoms with Gasteiger partial charge < -0.3 is 9.84 Å². The van der Waals surface area contributed by atoms with Gasteiger partial charge in [0.25, 0.3) is 0 Å². The summed E-state index contributed by atoms with van der Waals surface area (Å²) in [5.74, 6) is 2.22. The van der Waals surface area contributed by atoms with Gasteiger partial charge in [-0.2, -0.15) is 0 Å². The van der Waals surface area contributed by atoms with Crippen LogP contribution in [0.15, 0.2) is 21.5 Å². The van der Waals surface area contributed by atoms with E-state index in [2.05, 4.69) is 40.5 Å². The molecule has 1 heterocycles. The van der Waals surface area contributed by atoms with Gasteiger partial charge in [0, 0.05) is 6.42 Å². The minimum Gasteiger partial charge on any atom is -0.429 e. The first-order chi connectivity index (χ1) is 11.3. The smallest absolute Gasteiger partial charge is 0.347 e. The zero-order chi connectivity index (χ0) is 17.5. The summed E-state index contributed by atoms with van der Waals surface area (Å²) in [6, 6.07) is 0. The molecule has 0 spiro atoms. The summed E-state index contributed by atoms with van der Waals surface area (Å²) in [7, 11) is 0. The average Bonchev–Trinajstić information content (AvgIpc) is 3.00. The second-order valence-corrected chi connectivity index (χ2v) is 9.07. The lowest BCUT2D eigenvalue weighted by atomic mass is 9.61. The second kappa shape index (κ2) is 6.75. The van der Waals surface area contributed by atoms with E-state index in [1.807, 2.05) is 0 Å². The Balaban J connectivity index is 1.64. The van der Waals surface area contributed by atoms with E-state index in [4.69, 9.17) is 4.74 Å². The highest BCUT2D eigenvalue weighted by atomic mass is 127. The Hall–Kier alpha value is -0.360. The summed E-state index contributed by atoms with van der Waals surface area (Å²) < 4.78 is 7.55. The summed E-state index contributed by atoms with van der Waals surface area (Å²) in [5, 5.41) is 9.90. The highest BCUT2D eigenvalue weighted by molar-refractivity contribution is 14.1. The van der Waals surface area contributed by atoms with Crippen molar-refractivity contribution >= 4 is 28.6 Å². The van der Waals surface area contributed by atoms with Crippen LogP contribution in [-0.4, -0.2) is 16.7 Å². The number of esters is 1. The molecular formula is C20H29IO3. The molecular weight excluding hydrogens is 415 g/mol. The number of halogens is 1. The number of allylic oxidation sites excluding steroid dienone is 2. The Labute approximate surface area is 159 Å². The molecule has 2 aliphatic carbocycles. The van der Waals surface area contributed by atoms with Crippen molar-refractivity contribution in [1.29, 1.82) is 0 Å². The average molecular weight is 444 g/mol. The van der Waals surface area contributed by atoms with Gasteiger partial charge in [-0.15, -0.1) is 0 Å². The molecule has 0 amide bonds. The largest absolute Gasteiger partial charge is 0.429 e. The van der Waals surface area contributed by atoms with Crippen LogP contribution in [0.3, 0.4) is 0 Å². The number of aliphatic hydroxyl groups is 1. The maximum absolute atomic E-state index is 11.6. The molecule has 134 valence electrons. The van der Waals surface area contributed by atoms with Gasteiger partial charge >= 0.3 is 5.97 Å². The number of carbonyl (C=O) groups is 1. The number of carbonyl (C=O) groups excluding carboxylic acids is 1. The number of ether oxygens (including phenoxy) is 1. The van der Waals surface area contributed by atoms with Crippen LogP contribution < -0.4 is 0 Å². The quantitative estimate of drug-likeness (QED) is 0.483. The van der Waals surface area contributed by atoms with E-state index < -0.39 is 11.6 Å². The van der Waals surface area contributed by atoms with Crippen molar-refractivity contribution < 1.29 is 14.6 Å². The molecule has 0 aromatic heterocycles. The van der Waals surface area contributed by atoms with Gasteiger partial charge in [-0.25, -0.2) is 4.79 Å². The highest BCUT2D eigenvalue weighted by Crippen LogP contribution is 2.60. The van der Waals surface area contributed by atoms with Gasteiger partial charge in [-0.05, 0) is 78.8 Å². The van der Waals surface area contributed by atoms with E-state index in [-0.39, 0.29) is 0 Å². The van der Waals surface area contributed by atoms with E-state index in [0.29, 0.717) is 17.1 Å². The third-order valence-corrected chi connectivity index (χ3v) is 7.59. The lowest BCUT2D eigenvalue weighted by Gasteiger charge is -2.44. The maximum Gasteiger partial charge on any atom is 0.347 e. The lowest BCUT2D eigenvalue weighted by Crippen LogP contribution is -2.35. The molecule has 0 saturated heterocycles. The van der Waals surface area contributed by atoms with Crippen molar-refractivity contribution in [2.45, 2.75) is 71.3 Å². The third kappa shape index (κ3) is 3.20. The van der Waals surface area contributed by atoms with Crippen LogP contribution in [0.2, 0.25) is 0 Å². The number of rotatable bonds is 4. The monoisotopic (exact) mass is 444 g/mol. The minimum atomic E-state index is -1.44. The minimum absolute atomic E-state index is 0.431. The van der Waals surface area contributed by atoms with E-state index >= 15 is 0 Å². The SMILES string of the molecule is C[C@H](CCC1=C[C@](C)(O)C(=O)O1)[C@H]1CCC2C(=CI)CCC[C@]21C. The molecule has 1 unspecified atom stereocenters. The zero-order valence-corrected chi connectivity index (χ0v) is 17.1. The second-order valence-electron chi connectivity index (χ2n) is 8.44. The molecule has 0 radical (unpaired) electrons. The fourth-order valence-corrected chi connectivity index (χ4v) is 6.21. The number of cyclic esters (lactones) is 1. The molecule has 0 aromatic rings. The van der Waals surface area contributed by atoms with Crippen molar-refractivity contribution in [1.82, 2.24) is 0 Å². The molecule has 5 atom stereocenters. The summed E-state index contributed by atoms with van der Waals surface area (Å²) in [4.78, 5) is 11.6. The molecule has 3 rings (SSSR count). The van der Waals surface area contributed by atoms with E-state index in [0.717, 1.165) is 24.7 Å². The first kappa shape index (κ1) is 18.4. The van der Waals surface area contributed by atoms with Gasteiger partial charge in [0.1, 0.15) is 5.76 Å². The third-order valence-electron chi connectivity index (χ3n) is 6.79. The van der Waals surface area contributed by atoms with Crippen LogP contribution in [-0.2, 0) is 9.53 Å². The highest BCUT2D eigenvalue weighted by Gasteiger charge is 2.50. The summed E-state index contributed by atoms with van der Waals surface area (Å²) in [5.41, 5.74) is 0.662. The summed E-state index contributed by atoms with van der Waals surface area (Å²) in [6.45, 7) is 6.36. The summed E-state index contributed by atoms with van der Waals surface area (Å²) in [6.07, 6.45) is 9.92. The predicted molar refractivity (Wildman–Crippen MR) is 103 cm³/mol. The first-order valence-corrected chi connectivity index (χ1v) is 10.5. The topological polar surface area (TPSA) is 46.5 Å². The fraction of sp³-hybridized carbons (Fsp3) is 0.750. The predicted octanol–water partition coefficient (Wildman–Crippen LogP) is 5.13. The lowest BCUT2D eigenvalue weighted by molar-refractivity contribution is -0.150. The van der Waals surface area contributed by atoms with Crippen LogP contribution in [0.4, 0.5) is 0 Å². The van der Waals surface area contributed by atoms with Crippen LogP contribution in [0.1, 0.15) is 65.7 Å². The van der Waals surface area contributed by atoms with Crippen LogP contribution in [0.25, 0.3) is 0 Å². The number of hydrogen-bond donors (Lipinski definition) is 1. The van der Waals surface area contributed by atoms with Gasteiger partial charge in [0.15, 0.2) is 5.60 Å². The molecule has 3 aliphatic rings. The van der Waals surface area contributed by atoms with Crippen LogP contribution in [0, 0.1) is 23.2 Å². The van der Waals surface area contributed by atoms with E-state index in [9.17, 15) is 9.90 Å². The number of hydrogen-bond acceptors (Lipinski definition) is 3. The van der Waals surface area contributed by atoms with E-state index in [1.54, 1.807) is 11.6 Å². The molecule has 1 N–H and O–H groups in total. The molecule has 3 nitrogen and oxygen atoms in total. The first-order valence-electron chi connectivity index (χ1n) is 9.23. The van der Waals surface area contributed by atoms with Crippen LogP contribution >= 0.6 is 22.6 Å². The van der Waals surface area contributed by atoms with Gasteiger partial charge in [-0.1, -0.05) is 42.0 Å². The number of fused-ring (bicyclic) bond motifs is 1. The van der Waals surface area contributed by atoms with E-state index in [1.165, 1.54) is 39.0 Å². The summed E-state index contributed by atoms with van der Waals surface area (Å²) >= 11 is 2.42. The Bertz CT molecular complexity index is 577. The van der Waals surface area contributed by atoms with Gasteiger partial charge in [0.05, 0.1) is 0 Å². The molecule has 24 heavy (non-hydrogen) atoms. The maximum atomic E-state index is 11.6. The van der Waals surface area contributed by atoms with Gasteiger partial charge in [-0.3, -0.25) is 0 Å². The van der Waals surface area contributed by atoms with Crippen molar-refractivity contribution in [2.75, 3.05) is 0 Å². The molecule has 1 aliphatic heterocycles. The van der Waals surface area contributed by atoms with Crippen molar-refractivity contribution in [2.24, 2.45) is 23.2 Å². The molecule has 4 heteroatoms.